The van der Waals surface area contributed by atoms with Crippen LogP contribution >= 0.6 is 0 Å². The van der Waals surface area contributed by atoms with Crippen molar-refractivity contribution >= 4 is 27.5 Å². The van der Waals surface area contributed by atoms with E-state index in [0.29, 0.717) is 18.7 Å². The van der Waals surface area contributed by atoms with E-state index in [9.17, 15) is 14.1 Å². The van der Waals surface area contributed by atoms with Gasteiger partial charge in [0.2, 0.25) is 0 Å². The van der Waals surface area contributed by atoms with Gasteiger partial charge in [0.05, 0.1) is 5.56 Å². The molecule has 2 aromatic rings. The summed E-state index contributed by atoms with van der Waals surface area (Å²) in [5.74, 6) is 0.222. The predicted molar refractivity (Wildman–Crippen MR) is 81.5 cm³/mol. The van der Waals surface area contributed by atoms with Crippen LogP contribution in [0.1, 0.15) is 16.8 Å². The minimum absolute atomic E-state index is 0.0275. The SMILES string of the molecule is CS(=O)CCCNC(=O)c1cc2ccccc2cc1O. The number of rotatable bonds is 5. The smallest absolute Gasteiger partial charge is 0.255 e. The normalized spacial score (nSPS) is 12.2. The van der Waals surface area contributed by atoms with Crippen LogP contribution in [0.25, 0.3) is 10.8 Å². The van der Waals surface area contributed by atoms with Crippen LogP contribution in [0.15, 0.2) is 36.4 Å². The van der Waals surface area contributed by atoms with Gasteiger partial charge in [-0.25, -0.2) is 0 Å². The lowest BCUT2D eigenvalue weighted by molar-refractivity contribution is 0.0951. The molecule has 2 N–H and O–H groups in total. The first-order chi connectivity index (χ1) is 9.58. The zero-order valence-corrected chi connectivity index (χ0v) is 12.1. The Labute approximate surface area is 120 Å². The van der Waals surface area contributed by atoms with Crippen LogP contribution in [-0.2, 0) is 10.8 Å². The number of nitrogens with one attached hydrogen (secondary N) is 1. The van der Waals surface area contributed by atoms with Gasteiger partial charge in [-0.15, -0.1) is 0 Å². The molecule has 0 aliphatic rings. The van der Waals surface area contributed by atoms with Crippen molar-refractivity contribution in [1.82, 2.24) is 5.32 Å². The summed E-state index contributed by atoms with van der Waals surface area (Å²) in [6, 6.07) is 10.8. The standard InChI is InChI=1S/C15H17NO3S/c1-20(19)8-4-7-16-15(18)13-9-11-5-2-3-6-12(11)10-14(13)17/h2-3,5-6,9-10,17H,4,7-8H2,1H3,(H,16,18). The lowest BCUT2D eigenvalue weighted by Gasteiger charge is -2.08. The van der Waals surface area contributed by atoms with E-state index < -0.39 is 10.8 Å². The van der Waals surface area contributed by atoms with Crippen LogP contribution in [0.3, 0.4) is 0 Å². The molecule has 0 fully saturated rings. The van der Waals surface area contributed by atoms with Crippen LogP contribution in [0, 0.1) is 0 Å². The zero-order valence-electron chi connectivity index (χ0n) is 11.3. The maximum Gasteiger partial charge on any atom is 0.255 e. The Bertz CT molecular complexity index is 655. The molecule has 1 amide bonds. The molecule has 1 atom stereocenters. The van der Waals surface area contributed by atoms with Gasteiger partial charge in [-0.2, -0.15) is 0 Å². The van der Waals surface area contributed by atoms with Crippen LogP contribution in [0.4, 0.5) is 0 Å². The summed E-state index contributed by atoms with van der Waals surface area (Å²) in [6.07, 6.45) is 2.29. The largest absolute Gasteiger partial charge is 0.507 e. The van der Waals surface area contributed by atoms with E-state index in [1.54, 1.807) is 18.4 Å². The first kappa shape index (κ1) is 14.5. The minimum atomic E-state index is -0.848. The van der Waals surface area contributed by atoms with Gasteiger partial charge in [0.1, 0.15) is 5.75 Å². The van der Waals surface area contributed by atoms with Crippen molar-refractivity contribution in [3.05, 3.63) is 42.0 Å². The fourth-order valence-corrected chi connectivity index (χ4v) is 2.53. The molecule has 4 nitrogen and oxygen atoms in total. The fraction of sp³-hybridized carbons (Fsp3) is 0.267. The molecule has 0 saturated carbocycles. The monoisotopic (exact) mass is 291 g/mol. The summed E-state index contributed by atoms with van der Waals surface area (Å²) in [6.45, 7) is 0.449. The zero-order chi connectivity index (χ0) is 14.5. The predicted octanol–water partition coefficient (Wildman–Crippen LogP) is 2.04. The number of hydrogen-bond acceptors (Lipinski definition) is 3. The van der Waals surface area contributed by atoms with E-state index in [0.717, 1.165) is 10.8 Å². The highest BCUT2D eigenvalue weighted by molar-refractivity contribution is 7.84. The highest BCUT2D eigenvalue weighted by Crippen LogP contribution is 2.24. The van der Waals surface area contributed by atoms with E-state index >= 15 is 0 Å². The lowest BCUT2D eigenvalue weighted by atomic mass is 10.1. The number of phenols is 1. The summed E-state index contributed by atoms with van der Waals surface area (Å²) in [5, 5.41) is 14.4. The molecular formula is C15H17NO3S. The van der Waals surface area contributed by atoms with Crippen molar-refractivity contribution in [2.75, 3.05) is 18.6 Å². The maximum absolute atomic E-state index is 12.0. The van der Waals surface area contributed by atoms with Crippen LogP contribution < -0.4 is 5.32 Å². The number of carbonyl (C=O) groups excluding carboxylic acids is 1. The molecule has 2 rings (SSSR count). The Morgan fingerprint density at radius 1 is 1.25 bits per heavy atom. The van der Waals surface area contributed by atoms with E-state index in [1.165, 1.54) is 0 Å². The van der Waals surface area contributed by atoms with Crippen molar-refractivity contribution in [2.45, 2.75) is 6.42 Å². The van der Waals surface area contributed by atoms with Gasteiger partial charge in [-0.3, -0.25) is 9.00 Å². The highest BCUT2D eigenvalue weighted by Gasteiger charge is 2.11. The highest BCUT2D eigenvalue weighted by atomic mass is 32.2. The summed E-state index contributed by atoms with van der Waals surface area (Å²) < 4.78 is 10.9. The van der Waals surface area contributed by atoms with Gasteiger partial charge in [0, 0.05) is 29.4 Å². The molecule has 0 saturated heterocycles. The van der Waals surface area contributed by atoms with E-state index in [2.05, 4.69) is 5.32 Å². The third-order valence-electron chi connectivity index (χ3n) is 3.00. The second kappa shape index (κ2) is 6.52. The van der Waals surface area contributed by atoms with Gasteiger partial charge >= 0.3 is 0 Å². The molecule has 106 valence electrons. The molecule has 0 aliphatic carbocycles. The van der Waals surface area contributed by atoms with Crippen molar-refractivity contribution < 1.29 is 14.1 Å². The van der Waals surface area contributed by atoms with Gasteiger partial charge < -0.3 is 10.4 Å². The number of phenolic OH excluding ortho intramolecular Hbond substituents is 1. The van der Waals surface area contributed by atoms with E-state index in [4.69, 9.17) is 0 Å². The molecule has 2 aromatic carbocycles. The summed E-state index contributed by atoms with van der Waals surface area (Å²) in [5.41, 5.74) is 0.265. The van der Waals surface area contributed by atoms with Crippen LogP contribution in [0.2, 0.25) is 0 Å². The van der Waals surface area contributed by atoms with Gasteiger partial charge in [-0.1, -0.05) is 24.3 Å². The summed E-state index contributed by atoms with van der Waals surface area (Å²) in [4.78, 5) is 12.0. The molecule has 1 unspecified atom stereocenters. The van der Waals surface area contributed by atoms with E-state index in [1.807, 2.05) is 24.3 Å². The quantitative estimate of drug-likeness (QED) is 0.829. The average molecular weight is 291 g/mol. The topological polar surface area (TPSA) is 66.4 Å². The van der Waals surface area contributed by atoms with Crippen molar-refractivity contribution in [3.8, 4) is 5.75 Å². The molecule has 0 heterocycles. The third kappa shape index (κ3) is 3.57. The number of hydrogen-bond donors (Lipinski definition) is 2. The Morgan fingerprint density at radius 2 is 1.90 bits per heavy atom. The van der Waals surface area contributed by atoms with E-state index in [-0.39, 0.29) is 17.2 Å². The first-order valence-corrected chi connectivity index (χ1v) is 8.10. The molecule has 0 bridgehead atoms. The number of benzene rings is 2. The average Bonchev–Trinajstić information content (AvgIpc) is 2.42. The Kier molecular flexibility index (Phi) is 4.74. The molecule has 0 aromatic heterocycles. The summed E-state index contributed by atoms with van der Waals surface area (Å²) in [7, 11) is -0.848. The number of amides is 1. The van der Waals surface area contributed by atoms with Crippen LogP contribution in [-0.4, -0.2) is 33.8 Å². The van der Waals surface area contributed by atoms with Crippen molar-refractivity contribution in [2.24, 2.45) is 0 Å². The molecule has 20 heavy (non-hydrogen) atoms. The molecule has 0 radical (unpaired) electrons. The number of carbonyl (C=O) groups is 1. The number of aromatic hydroxyl groups is 1. The molecule has 0 aliphatic heterocycles. The minimum Gasteiger partial charge on any atom is -0.507 e. The first-order valence-electron chi connectivity index (χ1n) is 6.38. The maximum atomic E-state index is 12.0. The lowest BCUT2D eigenvalue weighted by Crippen LogP contribution is -2.25. The molecule has 0 spiro atoms. The van der Waals surface area contributed by atoms with Crippen molar-refractivity contribution in [3.63, 3.8) is 0 Å². The molecule has 5 heteroatoms. The second-order valence-electron chi connectivity index (χ2n) is 4.60. The Balaban J connectivity index is 2.09. The third-order valence-corrected chi connectivity index (χ3v) is 3.87. The Hall–Kier alpha value is -1.88. The summed E-state index contributed by atoms with van der Waals surface area (Å²) >= 11 is 0. The van der Waals surface area contributed by atoms with Crippen LogP contribution in [0.5, 0.6) is 5.75 Å². The number of fused-ring (bicyclic) bond motifs is 1. The Morgan fingerprint density at radius 3 is 2.55 bits per heavy atom. The molecular weight excluding hydrogens is 274 g/mol. The fourth-order valence-electron chi connectivity index (χ4n) is 1.98. The van der Waals surface area contributed by atoms with Crippen molar-refractivity contribution in [1.29, 1.82) is 0 Å². The van der Waals surface area contributed by atoms with Gasteiger partial charge in [0.25, 0.3) is 5.91 Å². The second-order valence-corrected chi connectivity index (χ2v) is 6.16. The van der Waals surface area contributed by atoms with Gasteiger partial charge in [-0.05, 0) is 29.3 Å². The van der Waals surface area contributed by atoms with Gasteiger partial charge in [0.15, 0.2) is 0 Å².